The topological polar surface area (TPSA) is 126 Å². The average molecular weight is 435 g/mol. The molecule has 0 aliphatic carbocycles. The molecule has 0 radical (unpaired) electrons. The molecular weight excluding hydrogens is 414 g/mol. The summed E-state index contributed by atoms with van der Waals surface area (Å²) in [4.78, 5) is 30.6. The highest BCUT2D eigenvalue weighted by Crippen LogP contribution is 2.43. The number of pyridine rings is 2. The molecule has 3 aliphatic heterocycles. The lowest BCUT2D eigenvalue weighted by molar-refractivity contribution is -0.172. The van der Waals surface area contributed by atoms with Crippen LogP contribution in [0.2, 0.25) is 0 Å². The van der Waals surface area contributed by atoms with Gasteiger partial charge in [-0.15, -0.1) is 0 Å². The van der Waals surface area contributed by atoms with Crippen molar-refractivity contribution in [3.8, 4) is 22.9 Å². The molecule has 5 heterocycles. The van der Waals surface area contributed by atoms with Gasteiger partial charge < -0.3 is 29.6 Å². The number of nitrogens with two attached hydrogens (primary N) is 1. The van der Waals surface area contributed by atoms with Crippen LogP contribution in [0.5, 0.6) is 11.5 Å². The van der Waals surface area contributed by atoms with Crippen molar-refractivity contribution in [1.82, 2.24) is 9.55 Å². The maximum atomic E-state index is 13.4. The minimum atomic E-state index is -1.85. The molecule has 1 atom stereocenters. The number of aromatic nitrogens is 2. The highest BCUT2D eigenvalue weighted by atomic mass is 16.7. The van der Waals surface area contributed by atoms with Crippen LogP contribution < -0.4 is 20.8 Å². The van der Waals surface area contributed by atoms with E-state index in [4.69, 9.17) is 24.9 Å². The maximum absolute atomic E-state index is 13.4. The molecule has 0 bridgehead atoms. The summed E-state index contributed by atoms with van der Waals surface area (Å²) in [6.07, 6.45) is 0.700. The van der Waals surface area contributed by atoms with E-state index in [0.717, 1.165) is 16.5 Å². The fourth-order valence-electron chi connectivity index (χ4n) is 4.98. The summed E-state index contributed by atoms with van der Waals surface area (Å²) in [5.74, 6) is 0.537. The third-order valence-corrected chi connectivity index (χ3v) is 6.69. The van der Waals surface area contributed by atoms with E-state index in [1.807, 2.05) is 12.1 Å². The molecule has 3 aromatic rings. The smallest absolute Gasteiger partial charge is 0.343 e. The summed E-state index contributed by atoms with van der Waals surface area (Å²) in [6.45, 7) is 2.45. The summed E-state index contributed by atoms with van der Waals surface area (Å²) in [5, 5.41) is 11.9. The van der Waals surface area contributed by atoms with Crippen molar-refractivity contribution in [2.75, 3.05) is 13.3 Å². The maximum Gasteiger partial charge on any atom is 0.343 e. The van der Waals surface area contributed by atoms with Crippen LogP contribution in [0.3, 0.4) is 0 Å². The van der Waals surface area contributed by atoms with Crippen molar-refractivity contribution < 1.29 is 24.1 Å². The largest absolute Gasteiger partial charge is 0.458 e. The highest BCUT2D eigenvalue weighted by molar-refractivity contribution is 5.91. The van der Waals surface area contributed by atoms with Crippen LogP contribution >= 0.6 is 0 Å². The van der Waals surface area contributed by atoms with Gasteiger partial charge in [-0.1, -0.05) is 6.92 Å². The lowest BCUT2D eigenvalue weighted by Gasteiger charge is -2.31. The number of carbonyl (C=O) groups is 1. The van der Waals surface area contributed by atoms with Crippen molar-refractivity contribution in [1.29, 1.82) is 0 Å². The van der Waals surface area contributed by atoms with Gasteiger partial charge in [-0.25, -0.2) is 9.78 Å². The molecule has 0 saturated heterocycles. The predicted octanol–water partition coefficient (Wildman–Crippen LogP) is 1.31. The van der Waals surface area contributed by atoms with Crippen molar-refractivity contribution >= 4 is 16.9 Å². The van der Waals surface area contributed by atoms with Gasteiger partial charge in [0, 0.05) is 22.6 Å². The summed E-state index contributed by atoms with van der Waals surface area (Å²) in [7, 11) is 0. The number of benzene rings is 1. The van der Waals surface area contributed by atoms with Gasteiger partial charge in [-0.05, 0) is 37.1 Å². The predicted molar refractivity (Wildman–Crippen MR) is 113 cm³/mol. The molecule has 2 aromatic heterocycles. The first-order valence-corrected chi connectivity index (χ1v) is 10.6. The molecular formula is C23H21N3O6. The highest BCUT2D eigenvalue weighted by Gasteiger charge is 2.45. The molecule has 6 rings (SSSR count). The average Bonchev–Trinajstić information content (AvgIpc) is 3.40. The first-order chi connectivity index (χ1) is 15.5. The number of aliphatic hydroxyl groups is 1. The monoisotopic (exact) mass is 435 g/mol. The number of rotatable bonds is 3. The Morgan fingerprint density at radius 1 is 1.16 bits per heavy atom. The van der Waals surface area contributed by atoms with Crippen LogP contribution in [0.1, 0.15) is 35.6 Å². The second kappa shape index (κ2) is 6.54. The zero-order valence-corrected chi connectivity index (χ0v) is 17.4. The lowest BCUT2D eigenvalue weighted by atomic mass is 9.86. The summed E-state index contributed by atoms with van der Waals surface area (Å²) in [6, 6.07) is 5.45. The van der Waals surface area contributed by atoms with Crippen molar-refractivity contribution in [2.24, 2.45) is 5.73 Å². The van der Waals surface area contributed by atoms with Crippen molar-refractivity contribution in [3.63, 3.8) is 0 Å². The van der Waals surface area contributed by atoms with E-state index in [1.165, 1.54) is 0 Å². The molecule has 32 heavy (non-hydrogen) atoms. The van der Waals surface area contributed by atoms with E-state index < -0.39 is 11.6 Å². The lowest BCUT2D eigenvalue weighted by Crippen LogP contribution is -2.44. The number of ether oxygens (including phenoxy) is 3. The molecule has 164 valence electrons. The van der Waals surface area contributed by atoms with Gasteiger partial charge in [0.05, 0.1) is 29.0 Å². The number of hydrogen-bond donors (Lipinski definition) is 2. The molecule has 3 N–H and O–H groups in total. The number of nitrogens with zero attached hydrogens (tertiary/aromatic N) is 2. The quantitative estimate of drug-likeness (QED) is 0.462. The fraction of sp³-hybridized carbons (Fsp3) is 0.348. The summed E-state index contributed by atoms with van der Waals surface area (Å²) < 4.78 is 17.8. The fourth-order valence-corrected chi connectivity index (χ4v) is 4.98. The molecule has 0 amide bonds. The molecule has 9 heteroatoms. The summed E-state index contributed by atoms with van der Waals surface area (Å²) in [5.41, 5.74) is 8.24. The van der Waals surface area contributed by atoms with Gasteiger partial charge >= 0.3 is 5.97 Å². The van der Waals surface area contributed by atoms with E-state index in [1.54, 1.807) is 17.6 Å². The molecule has 1 aromatic carbocycles. The standard InChI is InChI=1S/C23H21N3O6/c1-2-23(29)15-6-17-20-13(8-26(17)21(27)14(15)9-30-22(23)28)11(3-4-24)12-5-18-19(32-10-31-18)7-16(12)25-20/h5-7,29H,2-4,8-10,24H2,1H3/t23-/m0/s1. The molecule has 9 nitrogen and oxygen atoms in total. The van der Waals surface area contributed by atoms with Gasteiger partial charge in [0.1, 0.15) is 6.61 Å². The van der Waals surface area contributed by atoms with E-state index in [9.17, 15) is 14.7 Å². The minimum Gasteiger partial charge on any atom is -0.458 e. The third kappa shape index (κ3) is 2.37. The Labute approximate surface area is 182 Å². The van der Waals surface area contributed by atoms with Crippen LogP contribution in [0.25, 0.3) is 22.3 Å². The van der Waals surface area contributed by atoms with Crippen LogP contribution in [-0.4, -0.2) is 34.0 Å². The van der Waals surface area contributed by atoms with Crippen LogP contribution in [-0.2, 0) is 34.7 Å². The van der Waals surface area contributed by atoms with Gasteiger partial charge in [0.15, 0.2) is 17.1 Å². The number of cyclic esters (lactones) is 1. The Kier molecular flexibility index (Phi) is 3.94. The van der Waals surface area contributed by atoms with Gasteiger partial charge in [0.2, 0.25) is 6.79 Å². The zero-order chi connectivity index (χ0) is 22.2. The Hall–Kier alpha value is -3.43. The van der Waals surface area contributed by atoms with Crippen molar-refractivity contribution in [2.45, 2.75) is 38.5 Å². The number of carbonyl (C=O) groups excluding carboxylic acids is 1. The molecule has 0 saturated carbocycles. The Morgan fingerprint density at radius 3 is 2.69 bits per heavy atom. The number of fused-ring (bicyclic) bond motifs is 6. The number of hydrogen-bond acceptors (Lipinski definition) is 8. The third-order valence-electron chi connectivity index (χ3n) is 6.69. The molecule has 3 aliphatic rings. The summed E-state index contributed by atoms with van der Waals surface area (Å²) >= 11 is 0. The molecule has 0 fully saturated rings. The van der Waals surface area contributed by atoms with E-state index in [0.29, 0.717) is 59.0 Å². The minimum absolute atomic E-state index is 0.0988. The first kappa shape index (κ1) is 19.3. The molecule has 0 unspecified atom stereocenters. The Balaban J connectivity index is 1.65. The zero-order valence-electron chi connectivity index (χ0n) is 17.4. The van der Waals surface area contributed by atoms with Gasteiger partial charge in [0.25, 0.3) is 5.56 Å². The Bertz CT molecular complexity index is 1400. The second-order valence-corrected chi connectivity index (χ2v) is 8.28. The van der Waals surface area contributed by atoms with Gasteiger partial charge in [-0.3, -0.25) is 4.79 Å². The van der Waals surface area contributed by atoms with E-state index in [2.05, 4.69) is 0 Å². The van der Waals surface area contributed by atoms with Crippen molar-refractivity contribution in [3.05, 3.63) is 50.8 Å². The normalized spacial score (nSPS) is 20.2. The molecule has 0 spiro atoms. The first-order valence-electron chi connectivity index (χ1n) is 10.6. The number of esters is 1. The second-order valence-electron chi connectivity index (χ2n) is 8.28. The van der Waals surface area contributed by atoms with E-state index in [-0.39, 0.29) is 25.4 Å². The van der Waals surface area contributed by atoms with Gasteiger partial charge in [-0.2, -0.15) is 0 Å². The van der Waals surface area contributed by atoms with E-state index >= 15 is 0 Å². The SMILES string of the molecule is CC[C@@]1(O)C(=O)OCc2c1cc1n(c2=O)Cc2c-1nc1cc3c(cc1c2CCN)OCO3. The van der Waals surface area contributed by atoms with Crippen LogP contribution in [0, 0.1) is 0 Å². The van der Waals surface area contributed by atoms with Crippen LogP contribution in [0.15, 0.2) is 23.0 Å². The Morgan fingerprint density at radius 2 is 1.94 bits per heavy atom. The van der Waals surface area contributed by atoms with Crippen LogP contribution in [0.4, 0.5) is 0 Å².